The molecule has 0 unspecified atom stereocenters. The maximum Gasteiger partial charge on any atom is 0.319 e. The Balaban J connectivity index is 1.68. The number of nitrogens with zero attached hydrogens (tertiary/aromatic N) is 2. The van der Waals surface area contributed by atoms with E-state index in [0.717, 1.165) is 27.3 Å². The highest BCUT2D eigenvalue weighted by Crippen LogP contribution is 2.32. The third kappa shape index (κ3) is 6.52. The van der Waals surface area contributed by atoms with Crippen LogP contribution in [0.15, 0.2) is 59.8 Å². The van der Waals surface area contributed by atoms with Crippen LogP contribution in [0.2, 0.25) is 0 Å². The van der Waals surface area contributed by atoms with Crippen molar-refractivity contribution in [3.63, 3.8) is 0 Å². The van der Waals surface area contributed by atoms with Gasteiger partial charge in [0.1, 0.15) is 5.75 Å². The fraction of sp³-hybridized carbons (Fsp3) is 0.261. The van der Waals surface area contributed by atoms with Crippen LogP contribution in [-0.2, 0) is 11.3 Å². The molecule has 2 aromatic carbocycles. The smallest absolute Gasteiger partial charge is 0.319 e. The molecule has 0 atom stereocenters. The predicted octanol–water partition coefficient (Wildman–Crippen LogP) is 3.98. The predicted molar refractivity (Wildman–Crippen MR) is 127 cm³/mol. The van der Waals surface area contributed by atoms with E-state index < -0.39 is 0 Å². The SMILES string of the molecule is COc1cccc(CNC(=O)Nc2ccc(-c3cn[nH]c3)cc2SCCC(=O)N(C)C)c1. The summed E-state index contributed by atoms with van der Waals surface area (Å²) in [6.45, 7) is 0.371. The van der Waals surface area contributed by atoms with Crippen LogP contribution in [-0.4, -0.2) is 54.0 Å². The molecule has 1 aromatic heterocycles. The van der Waals surface area contributed by atoms with Gasteiger partial charge in [-0.15, -0.1) is 11.8 Å². The minimum atomic E-state index is -0.310. The molecule has 8 nitrogen and oxygen atoms in total. The molecule has 1 heterocycles. The highest BCUT2D eigenvalue weighted by molar-refractivity contribution is 7.99. The van der Waals surface area contributed by atoms with E-state index >= 15 is 0 Å². The highest BCUT2D eigenvalue weighted by Gasteiger charge is 2.12. The number of ether oxygens (including phenoxy) is 1. The lowest BCUT2D eigenvalue weighted by Gasteiger charge is -2.14. The van der Waals surface area contributed by atoms with Gasteiger partial charge < -0.3 is 20.3 Å². The number of benzene rings is 2. The van der Waals surface area contributed by atoms with E-state index in [4.69, 9.17) is 4.74 Å². The number of amides is 3. The summed E-state index contributed by atoms with van der Waals surface area (Å²) in [6, 6.07) is 13.0. The van der Waals surface area contributed by atoms with Crippen LogP contribution in [0.5, 0.6) is 5.75 Å². The molecule has 3 amide bonds. The van der Waals surface area contributed by atoms with Crippen LogP contribution < -0.4 is 15.4 Å². The van der Waals surface area contributed by atoms with Gasteiger partial charge in [0.2, 0.25) is 5.91 Å². The molecule has 0 aliphatic carbocycles. The molecule has 0 saturated carbocycles. The Morgan fingerprint density at radius 2 is 2.00 bits per heavy atom. The monoisotopic (exact) mass is 453 g/mol. The zero-order valence-electron chi connectivity index (χ0n) is 18.3. The van der Waals surface area contributed by atoms with Crippen molar-refractivity contribution in [3.8, 4) is 16.9 Å². The number of thioether (sulfide) groups is 1. The Kier molecular flexibility index (Phi) is 8.15. The number of anilines is 1. The van der Waals surface area contributed by atoms with Gasteiger partial charge in [-0.05, 0) is 35.4 Å². The molecule has 168 valence electrons. The summed E-state index contributed by atoms with van der Waals surface area (Å²) in [6.07, 6.45) is 3.97. The lowest BCUT2D eigenvalue weighted by Crippen LogP contribution is -2.28. The molecule has 0 spiro atoms. The number of urea groups is 1. The van der Waals surface area contributed by atoms with Gasteiger partial charge in [0.15, 0.2) is 0 Å². The number of aromatic amines is 1. The Labute approximate surface area is 191 Å². The lowest BCUT2D eigenvalue weighted by atomic mass is 10.1. The van der Waals surface area contributed by atoms with Crippen LogP contribution in [0.25, 0.3) is 11.1 Å². The van der Waals surface area contributed by atoms with Gasteiger partial charge >= 0.3 is 6.03 Å². The Morgan fingerprint density at radius 3 is 2.72 bits per heavy atom. The van der Waals surface area contributed by atoms with Crippen LogP contribution in [0.4, 0.5) is 10.5 Å². The Bertz CT molecular complexity index is 1050. The third-order valence-electron chi connectivity index (χ3n) is 4.72. The minimum absolute atomic E-state index is 0.0639. The zero-order valence-corrected chi connectivity index (χ0v) is 19.2. The van der Waals surface area contributed by atoms with E-state index in [0.29, 0.717) is 24.4 Å². The molecule has 0 fully saturated rings. The van der Waals surface area contributed by atoms with Crippen LogP contribution >= 0.6 is 11.8 Å². The molecule has 3 N–H and O–H groups in total. The summed E-state index contributed by atoms with van der Waals surface area (Å²) >= 11 is 1.53. The first kappa shape index (κ1) is 23.2. The van der Waals surface area contributed by atoms with Gasteiger partial charge in [-0.2, -0.15) is 5.10 Å². The Morgan fingerprint density at radius 1 is 1.16 bits per heavy atom. The van der Waals surface area contributed by atoms with E-state index in [-0.39, 0.29) is 11.9 Å². The second kappa shape index (κ2) is 11.2. The van der Waals surface area contributed by atoms with Gasteiger partial charge in [-0.25, -0.2) is 4.79 Å². The van der Waals surface area contributed by atoms with Crippen molar-refractivity contribution in [2.24, 2.45) is 0 Å². The van der Waals surface area contributed by atoms with Crippen molar-refractivity contribution < 1.29 is 14.3 Å². The average Bonchev–Trinajstić information content (AvgIpc) is 3.33. The number of carbonyl (C=O) groups is 2. The summed E-state index contributed by atoms with van der Waals surface area (Å²) in [5.74, 6) is 1.41. The fourth-order valence-electron chi connectivity index (χ4n) is 2.94. The van der Waals surface area contributed by atoms with Gasteiger partial charge in [-0.1, -0.05) is 18.2 Å². The van der Waals surface area contributed by atoms with Crippen LogP contribution in [0.1, 0.15) is 12.0 Å². The topological polar surface area (TPSA) is 99.3 Å². The number of hydrogen-bond acceptors (Lipinski definition) is 5. The summed E-state index contributed by atoms with van der Waals surface area (Å²) in [4.78, 5) is 26.9. The summed E-state index contributed by atoms with van der Waals surface area (Å²) in [7, 11) is 5.09. The van der Waals surface area contributed by atoms with Crippen molar-refractivity contribution in [1.82, 2.24) is 20.4 Å². The molecule has 0 bridgehead atoms. The van der Waals surface area contributed by atoms with E-state index in [1.54, 1.807) is 32.3 Å². The van der Waals surface area contributed by atoms with E-state index in [1.807, 2.05) is 48.7 Å². The quantitative estimate of drug-likeness (QED) is 0.426. The molecule has 0 aliphatic heterocycles. The van der Waals surface area contributed by atoms with Crippen LogP contribution in [0.3, 0.4) is 0 Å². The van der Waals surface area contributed by atoms with Crippen LogP contribution in [0, 0.1) is 0 Å². The first-order valence-corrected chi connectivity index (χ1v) is 11.1. The highest BCUT2D eigenvalue weighted by atomic mass is 32.2. The minimum Gasteiger partial charge on any atom is -0.497 e. The number of hydrogen-bond donors (Lipinski definition) is 3. The Hall–Kier alpha value is -3.46. The largest absolute Gasteiger partial charge is 0.497 e. The molecule has 0 radical (unpaired) electrons. The first-order chi connectivity index (χ1) is 15.5. The standard InChI is InChI=1S/C23H27N5O3S/c1-28(2)22(29)9-10-32-21-12-17(18-14-25-26-15-18)7-8-20(21)27-23(30)24-13-16-5-4-6-19(11-16)31-3/h4-8,11-12,14-15H,9-10,13H2,1-3H3,(H,25,26)(H2,24,27,30). The number of rotatable bonds is 9. The van der Waals surface area contributed by atoms with Crippen molar-refractivity contribution >= 4 is 29.4 Å². The van der Waals surface area contributed by atoms with Crippen molar-refractivity contribution in [3.05, 3.63) is 60.4 Å². The van der Waals surface area contributed by atoms with E-state index in [2.05, 4.69) is 20.8 Å². The molecule has 3 rings (SSSR count). The lowest BCUT2D eigenvalue weighted by molar-refractivity contribution is -0.128. The van der Waals surface area contributed by atoms with Crippen molar-refractivity contribution in [1.29, 1.82) is 0 Å². The van der Waals surface area contributed by atoms with Gasteiger partial charge in [-0.3, -0.25) is 9.89 Å². The van der Waals surface area contributed by atoms with Gasteiger partial charge in [0, 0.05) is 49.5 Å². The van der Waals surface area contributed by atoms with E-state index in [9.17, 15) is 9.59 Å². The summed E-state index contributed by atoms with van der Waals surface area (Å²) in [5, 5.41) is 12.6. The molecular weight excluding hydrogens is 426 g/mol. The maximum atomic E-state index is 12.5. The molecule has 3 aromatic rings. The number of aromatic nitrogens is 2. The first-order valence-electron chi connectivity index (χ1n) is 10.1. The number of methoxy groups -OCH3 is 1. The summed E-state index contributed by atoms with van der Waals surface area (Å²) in [5.41, 5.74) is 3.54. The fourth-order valence-corrected chi connectivity index (χ4v) is 3.92. The molecule has 9 heteroatoms. The summed E-state index contributed by atoms with van der Waals surface area (Å²) < 4.78 is 5.22. The van der Waals surface area contributed by atoms with Gasteiger partial charge in [0.05, 0.1) is 19.0 Å². The second-order valence-corrected chi connectivity index (χ2v) is 8.38. The van der Waals surface area contributed by atoms with Gasteiger partial charge in [0.25, 0.3) is 0 Å². The molecule has 0 aliphatic rings. The van der Waals surface area contributed by atoms with Crippen molar-refractivity contribution in [2.75, 3.05) is 32.3 Å². The number of H-pyrrole nitrogens is 1. The zero-order chi connectivity index (χ0) is 22.9. The normalized spacial score (nSPS) is 10.5. The maximum absolute atomic E-state index is 12.5. The average molecular weight is 454 g/mol. The van der Waals surface area contributed by atoms with Crippen molar-refractivity contribution in [2.45, 2.75) is 17.9 Å². The number of nitrogens with one attached hydrogen (secondary N) is 3. The van der Waals surface area contributed by atoms with E-state index in [1.165, 1.54) is 11.8 Å². The second-order valence-electron chi connectivity index (χ2n) is 7.24. The molecule has 0 saturated heterocycles. The molecular formula is C23H27N5O3S. The molecule has 32 heavy (non-hydrogen) atoms. The third-order valence-corrected chi connectivity index (χ3v) is 5.78. The number of carbonyl (C=O) groups excluding carboxylic acids is 2.